The van der Waals surface area contributed by atoms with Gasteiger partial charge in [0.25, 0.3) is 0 Å². The second-order valence-electron chi connectivity index (χ2n) is 7.82. The molecule has 1 N–H and O–H groups in total. The highest BCUT2D eigenvalue weighted by atomic mass is 35.5. The predicted octanol–water partition coefficient (Wildman–Crippen LogP) is 7.28. The van der Waals surface area contributed by atoms with Crippen LogP contribution in [-0.4, -0.2) is 15.8 Å². The molecule has 0 aliphatic heterocycles. The van der Waals surface area contributed by atoms with Crippen molar-refractivity contribution in [3.63, 3.8) is 0 Å². The molecule has 4 aromatic carbocycles. The Labute approximate surface area is 190 Å². The zero-order valence-corrected chi connectivity index (χ0v) is 17.7. The van der Waals surface area contributed by atoms with Gasteiger partial charge >= 0.3 is 0 Å². The van der Waals surface area contributed by atoms with E-state index in [-0.39, 0.29) is 5.78 Å². The lowest BCUT2D eigenvalue weighted by Gasteiger charge is -2.06. The first-order chi connectivity index (χ1) is 15.7. The highest BCUT2D eigenvalue weighted by molar-refractivity contribution is 6.30. The summed E-state index contributed by atoms with van der Waals surface area (Å²) in [5.74, 6) is 0.792. The fraction of sp³-hybridized carbons (Fsp3) is 0. The zero-order valence-electron chi connectivity index (χ0n) is 17.0. The van der Waals surface area contributed by atoms with E-state index >= 15 is 0 Å². The topological polar surface area (TPSA) is 45.8 Å². The van der Waals surface area contributed by atoms with Gasteiger partial charge in [-0.15, -0.1) is 0 Å². The van der Waals surface area contributed by atoms with Crippen molar-refractivity contribution in [2.24, 2.45) is 0 Å². The Bertz CT molecular complexity index is 1500. The normalized spacial score (nSPS) is 12.0. The summed E-state index contributed by atoms with van der Waals surface area (Å²) in [6.45, 7) is 0. The number of benzene rings is 4. The van der Waals surface area contributed by atoms with Crippen LogP contribution in [0.5, 0.6) is 0 Å². The van der Waals surface area contributed by atoms with Gasteiger partial charge in [0, 0.05) is 32.8 Å². The lowest BCUT2D eigenvalue weighted by Crippen LogP contribution is -1.95. The van der Waals surface area contributed by atoms with Crippen LogP contribution in [0.2, 0.25) is 5.02 Å². The molecule has 0 spiro atoms. The van der Waals surface area contributed by atoms with Gasteiger partial charge in [0.2, 0.25) is 0 Å². The van der Waals surface area contributed by atoms with E-state index < -0.39 is 0 Å². The van der Waals surface area contributed by atoms with Gasteiger partial charge in [0.1, 0.15) is 5.82 Å². The van der Waals surface area contributed by atoms with Crippen LogP contribution in [-0.2, 0) is 0 Å². The van der Waals surface area contributed by atoms with Gasteiger partial charge < -0.3 is 4.98 Å². The number of carbonyl (C=O) groups excluding carboxylic acids is 1. The van der Waals surface area contributed by atoms with E-state index in [1.165, 1.54) is 0 Å². The minimum absolute atomic E-state index is 0.0595. The number of nitrogens with one attached hydrogen (secondary N) is 1. The highest BCUT2D eigenvalue weighted by Crippen LogP contribution is 2.40. The molecule has 0 fully saturated rings. The van der Waals surface area contributed by atoms with E-state index in [2.05, 4.69) is 4.98 Å². The second-order valence-corrected chi connectivity index (χ2v) is 8.26. The largest absolute Gasteiger partial charge is 0.337 e. The number of halogens is 1. The summed E-state index contributed by atoms with van der Waals surface area (Å²) in [6.07, 6.45) is 0. The summed E-state index contributed by atoms with van der Waals surface area (Å²) in [7, 11) is 0. The summed E-state index contributed by atoms with van der Waals surface area (Å²) in [4.78, 5) is 21.5. The number of ketones is 1. The molecule has 0 atom stereocenters. The number of rotatable bonds is 3. The van der Waals surface area contributed by atoms with Crippen molar-refractivity contribution in [3.8, 4) is 45.0 Å². The van der Waals surface area contributed by atoms with E-state index in [1.807, 2.05) is 97.1 Å². The maximum Gasteiger partial charge on any atom is 0.194 e. The van der Waals surface area contributed by atoms with Crippen LogP contribution >= 0.6 is 11.6 Å². The molecule has 32 heavy (non-hydrogen) atoms. The minimum Gasteiger partial charge on any atom is -0.337 e. The molecule has 0 saturated heterocycles. The number of hydrogen-bond acceptors (Lipinski definition) is 2. The van der Waals surface area contributed by atoms with Crippen molar-refractivity contribution < 1.29 is 4.79 Å². The highest BCUT2D eigenvalue weighted by Gasteiger charge is 2.27. The van der Waals surface area contributed by atoms with Crippen molar-refractivity contribution in [3.05, 3.63) is 113 Å². The number of H-pyrrole nitrogens is 1. The van der Waals surface area contributed by atoms with Crippen LogP contribution in [0.15, 0.2) is 97.1 Å². The number of carbonyl (C=O) groups is 1. The fourth-order valence-electron chi connectivity index (χ4n) is 4.34. The first kappa shape index (κ1) is 18.8. The standard InChI is InChI=1S/C28H17ClN2O/c29-20-10-6-9-19(15-20)28-30-25(17-7-2-1-3-8-17)26(31-28)18-13-14-22-21-11-4-5-12-23(21)27(32)24(22)16-18/h1-16H,(H,30,31). The Hall–Kier alpha value is -3.95. The van der Waals surface area contributed by atoms with Crippen LogP contribution in [0.25, 0.3) is 45.0 Å². The third kappa shape index (κ3) is 2.98. The molecule has 4 heteroatoms. The molecule has 6 rings (SSSR count). The number of aromatic amines is 1. The molecule has 0 radical (unpaired) electrons. The maximum atomic E-state index is 13.0. The molecule has 5 aromatic rings. The minimum atomic E-state index is 0.0595. The molecule has 0 unspecified atom stereocenters. The Morgan fingerprint density at radius 3 is 2.16 bits per heavy atom. The molecule has 152 valence electrons. The number of nitrogens with zero attached hydrogens (tertiary/aromatic N) is 1. The molecule has 0 saturated carbocycles. The summed E-state index contributed by atoms with van der Waals surface area (Å²) >= 11 is 6.22. The third-order valence-electron chi connectivity index (χ3n) is 5.86. The smallest absolute Gasteiger partial charge is 0.194 e. The van der Waals surface area contributed by atoms with Crippen molar-refractivity contribution >= 4 is 17.4 Å². The predicted molar refractivity (Wildman–Crippen MR) is 129 cm³/mol. The monoisotopic (exact) mass is 432 g/mol. The van der Waals surface area contributed by atoms with Gasteiger partial charge in [-0.1, -0.05) is 90.5 Å². The van der Waals surface area contributed by atoms with Crippen LogP contribution in [0.4, 0.5) is 0 Å². The zero-order chi connectivity index (χ0) is 21.7. The summed E-state index contributed by atoms with van der Waals surface area (Å²) in [5, 5.41) is 0.655. The Morgan fingerprint density at radius 2 is 1.34 bits per heavy atom. The summed E-state index contributed by atoms with van der Waals surface area (Å²) < 4.78 is 0. The molecule has 0 amide bonds. The van der Waals surface area contributed by atoms with Crippen LogP contribution in [0, 0.1) is 0 Å². The number of fused-ring (bicyclic) bond motifs is 3. The van der Waals surface area contributed by atoms with Crippen LogP contribution in [0.1, 0.15) is 15.9 Å². The first-order valence-corrected chi connectivity index (χ1v) is 10.8. The van der Waals surface area contributed by atoms with Crippen LogP contribution < -0.4 is 0 Å². The van der Waals surface area contributed by atoms with E-state index in [9.17, 15) is 4.79 Å². The molecule has 1 aromatic heterocycles. The number of hydrogen-bond donors (Lipinski definition) is 1. The fourth-order valence-corrected chi connectivity index (χ4v) is 4.53. The lowest BCUT2D eigenvalue weighted by molar-refractivity contribution is 0.104. The van der Waals surface area contributed by atoms with Gasteiger partial charge in [0.15, 0.2) is 5.78 Å². The molecule has 1 aliphatic rings. The molecule has 1 heterocycles. The van der Waals surface area contributed by atoms with Gasteiger partial charge in [-0.2, -0.15) is 0 Å². The Balaban J connectivity index is 1.54. The lowest BCUT2D eigenvalue weighted by atomic mass is 9.99. The SMILES string of the molecule is O=C1c2ccccc2-c2ccc(-c3nc(-c4cccc(Cl)c4)[nH]c3-c3ccccc3)cc21. The van der Waals surface area contributed by atoms with E-state index in [4.69, 9.17) is 16.6 Å². The van der Waals surface area contributed by atoms with Crippen molar-refractivity contribution in [1.82, 2.24) is 9.97 Å². The van der Waals surface area contributed by atoms with Gasteiger partial charge in [-0.3, -0.25) is 4.79 Å². The van der Waals surface area contributed by atoms with Gasteiger partial charge in [0.05, 0.1) is 11.4 Å². The first-order valence-electron chi connectivity index (χ1n) is 10.4. The van der Waals surface area contributed by atoms with Gasteiger partial charge in [-0.05, 0) is 29.3 Å². The Morgan fingerprint density at radius 1 is 0.625 bits per heavy atom. The summed E-state index contributed by atoms with van der Waals surface area (Å²) in [6, 6.07) is 31.5. The van der Waals surface area contributed by atoms with Gasteiger partial charge in [-0.25, -0.2) is 4.98 Å². The molecule has 1 aliphatic carbocycles. The molecule has 0 bridgehead atoms. The quantitative estimate of drug-likeness (QED) is 0.319. The van der Waals surface area contributed by atoms with Crippen molar-refractivity contribution in [1.29, 1.82) is 0 Å². The number of aromatic nitrogens is 2. The second kappa shape index (κ2) is 7.33. The third-order valence-corrected chi connectivity index (χ3v) is 6.10. The Kier molecular flexibility index (Phi) is 4.30. The van der Waals surface area contributed by atoms with Crippen molar-refractivity contribution in [2.75, 3.05) is 0 Å². The van der Waals surface area contributed by atoms with E-state index in [0.29, 0.717) is 5.02 Å². The van der Waals surface area contributed by atoms with E-state index in [1.54, 1.807) is 0 Å². The molecular formula is C28H17ClN2O. The van der Waals surface area contributed by atoms with E-state index in [0.717, 1.165) is 56.2 Å². The number of imidazole rings is 1. The van der Waals surface area contributed by atoms with Crippen LogP contribution in [0.3, 0.4) is 0 Å². The summed E-state index contributed by atoms with van der Waals surface area (Å²) in [5.41, 5.74) is 7.98. The maximum absolute atomic E-state index is 13.0. The average Bonchev–Trinajstić information content (AvgIpc) is 3.40. The molecular weight excluding hydrogens is 416 g/mol. The van der Waals surface area contributed by atoms with Crippen molar-refractivity contribution in [2.45, 2.75) is 0 Å². The average molecular weight is 433 g/mol. The molecule has 3 nitrogen and oxygen atoms in total.